The van der Waals surface area contributed by atoms with E-state index in [1.54, 1.807) is 6.07 Å². The third-order valence-corrected chi connectivity index (χ3v) is 7.75. The third-order valence-electron chi connectivity index (χ3n) is 5.50. The molecule has 2 aliphatic carbocycles. The predicted octanol–water partition coefficient (Wildman–Crippen LogP) is 2.12. The normalized spacial score (nSPS) is 12.0. The van der Waals surface area contributed by atoms with Crippen molar-refractivity contribution in [2.24, 2.45) is 0 Å². The maximum atomic E-state index is 13.0. The molecule has 0 unspecified atom stereocenters. The maximum Gasteiger partial charge on any atom is 1.00 e. The molecule has 0 aliphatic heterocycles. The van der Waals surface area contributed by atoms with E-state index in [-0.39, 0.29) is 46.1 Å². The molecule has 1 N–H and O–H groups in total. The van der Waals surface area contributed by atoms with Crippen molar-refractivity contribution in [1.29, 1.82) is 0 Å². The van der Waals surface area contributed by atoms with Crippen LogP contribution >= 0.6 is 0 Å². The topological polar surface area (TPSA) is 103 Å². The Morgan fingerprint density at radius 1 is 0.882 bits per heavy atom. The minimum atomic E-state index is -4.62. The Morgan fingerprint density at radius 2 is 1.50 bits per heavy atom. The smallest absolute Gasteiger partial charge is 0.744 e. The molecule has 0 spiro atoms. The molecule has 0 fully saturated rings. The van der Waals surface area contributed by atoms with Crippen LogP contribution in [0, 0.1) is 5.82 Å². The summed E-state index contributed by atoms with van der Waals surface area (Å²) in [5.41, 5.74) is 3.24. The zero-order valence-electron chi connectivity index (χ0n) is 19.5. The van der Waals surface area contributed by atoms with E-state index in [4.69, 9.17) is 0 Å². The average molecular weight is 516 g/mol. The number of aryl methyl sites for hydroxylation is 1. The van der Waals surface area contributed by atoms with E-state index in [2.05, 4.69) is 4.72 Å². The number of halogens is 1. The molecule has 0 amide bonds. The quantitative estimate of drug-likeness (QED) is 0.253. The van der Waals surface area contributed by atoms with E-state index in [1.165, 1.54) is 30.3 Å². The zero-order valence-corrected chi connectivity index (χ0v) is 23.2. The first-order chi connectivity index (χ1) is 15.5. The Morgan fingerprint density at radius 3 is 2.09 bits per heavy atom. The number of sulfonamides is 1. The molecule has 1 aromatic carbocycles. The van der Waals surface area contributed by atoms with Gasteiger partial charge in [-0.1, -0.05) is 44.5 Å². The Hall–Kier alpha value is -1.49. The molecule has 0 heterocycles. The summed E-state index contributed by atoms with van der Waals surface area (Å²) in [6, 6.07) is 13.8. The second-order valence-corrected chi connectivity index (χ2v) is 11.6. The van der Waals surface area contributed by atoms with E-state index < -0.39 is 26.0 Å². The molecule has 0 radical (unpaired) electrons. The number of nitrogens with one attached hydrogen (secondary N) is 1. The second kappa shape index (κ2) is 12.0. The number of benzene rings is 1. The van der Waals surface area contributed by atoms with E-state index >= 15 is 0 Å². The Bertz CT molecular complexity index is 1290. The minimum absolute atomic E-state index is 0. The van der Waals surface area contributed by atoms with Crippen LogP contribution in [0.15, 0.2) is 59.5 Å². The maximum absolute atomic E-state index is 13.0. The van der Waals surface area contributed by atoms with Crippen molar-refractivity contribution in [2.45, 2.75) is 50.3 Å². The fraction of sp³-hybridized carbons (Fsp3) is 0.333. The zero-order chi connectivity index (χ0) is 24.2. The van der Waals surface area contributed by atoms with Crippen LogP contribution < -0.4 is 34.3 Å². The van der Waals surface area contributed by atoms with Gasteiger partial charge < -0.3 is 4.55 Å². The molecule has 6 nitrogen and oxygen atoms in total. The fourth-order valence-corrected chi connectivity index (χ4v) is 5.65. The van der Waals surface area contributed by atoms with Gasteiger partial charge in [0.15, 0.2) is 0 Å². The SMILES string of the molecule is CC(C)c1ccc2c(CCCCCS(=O)(=O)Nc3ccc(F)cc3)cc(S(=O)(=O)[O-])c-2cc1.[Na+]. The largest absolute Gasteiger partial charge is 1.00 e. The van der Waals surface area contributed by atoms with Gasteiger partial charge in [0.25, 0.3) is 0 Å². The summed E-state index contributed by atoms with van der Waals surface area (Å²) >= 11 is 0. The second-order valence-electron chi connectivity index (χ2n) is 8.38. The van der Waals surface area contributed by atoms with Crippen LogP contribution in [0.3, 0.4) is 0 Å². The van der Waals surface area contributed by atoms with E-state index in [9.17, 15) is 25.8 Å². The van der Waals surface area contributed by atoms with Crippen molar-refractivity contribution >= 4 is 25.8 Å². The van der Waals surface area contributed by atoms with Crippen molar-refractivity contribution in [3.05, 3.63) is 71.5 Å². The van der Waals surface area contributed by atoms with Gasteiger partial charge >= 0.3 is 29.6 Å². The first-order valence-corrected chi connectivity index (χ1v) is 13.8. The molecular weight excluding hydrogens is 488 g/mol. The van der Waals surface area contributed by atoms with Gasteiger partial charge in [0.05, 0.1) is 10.6 Å². The van der Waals surface area contributed by atoms with Gasteiger partial charge in [0, 0.05) is 5.69 Å². The molecule has 0 saturated heterocycles. The molecule has 3 rings (SSSR count). The van der Waals surface area contributed by atoms with Crippen LogP contribution in [0.1, 0.15) is 50.2 Å². The van der Waals surface area contributed by atoms with Crippen LogP contribution in [0.25, 0.3) is 11.1 Å². The predicted molar refractivity (Wildman–Crippen MR) is 126 cm³/mol. The number of fused-ring (bicyclic) bond motifs is 1. The van der Waals surface area contributed by atoms with E-state index in [0.717, 1.165) is 16.7 Å². The average Bonchev–Trinajstić information content (AvgIpc) is 2.92. The Balaban J connectivity index is 0.00000408. The van der Waals surface area contributed by atoms with Crippen molar-refractivity contribution in [1.82, 2.24) is 0 Å². The van der Waals surface area contributed by atoms with Gasteiger partial charge in [-0.2, -0.15) is 0 Å². The van der Waals surface area contributed by atoms with Gasteiger partial charge in [-0.25, -0.2) is 21.2 Å². The van der Waals surface area contributed by atoms with E-state index in [0.29, 0.717) is 36.9 Å². The summed E-state index contributed by atoms with van der Waals surface area (Å²) in [6.07, 6.45) is 2.18. The summed E-state index contributed by atoms with van der Waals surface area (Å²) in [5.74, 6) is -0.276. The third kappa shape index (κ3) is 7.76. The number of hydrogen-bond donors (Lipinski definition) is 1. The fourth-order valence-electron chi connectivity index (χ4n) is 3.73. The van der Waals surface area contributed by atoms with Gasteiger partial charge in [0.2, 0.25) is 10.0 Å². The summed E-state index contributed by atoms with van der Waals surface area (Å²) in [4.78, 5) is -0.218. The van der Waals surface area contributed by atoms with Gasteiger partial charge in [-0.05, 0) is 77.8 Å². The standard InChI is InChI=1S/C24H28FNO5S2.Na/c1-17(2)18-7-13-22-19(16-24(33(29,30)31)23(22)14-8-18)6-4-3-5-15-32(27,28)26-21-11-9-20(25)10-12-21;/h7-14,16-17,26H,3-6,15H2,1-2H3,(H,29,30,31);/q;+1/p-1. The summed E-state index contributed by atoms with van der Waals surface area (Å²) < 4.78 is 75.2. The van der Waals surface area contributed by atoms with Crippen molar-refractivity contribution in [3.8, 4) is 11.1 Å². The molecule has 0 bridgehead atoms. The molecule has 0 atom stereocenters. The molecule has 178 valence electrons. The molecule has 0 aromatic heterocycles. The summed E-state index contributed by atoms with van der Waals surface area (Å²) in [5, 5.41) is 0. The van der Waals surface area contributed by atoms with Crippen LogP contribution in [0.2, 0.25) is 0 Å². The summed E-state index contributed by atoms with van der Waals surface area (Å²) in [6.45, 7) is 4.07. The molecule has 34 heavy (non-hydrogen) atoms. The molecule has 2 aliphatic rings. The van der Waals surface area contributed by atoms with Crippen molar-refractivity contribution in [3.63, 3.8) is 0 Å². The monoisotopic (exact) mass is 515 g/mol. The van der Waals surface area contributed by atoms with Crippen LogP contribution in [-0.4, -0.2) is 27.1 Å². The number of anilines is 1. The number of rotatable bonds is 10. The van der Waals surface area contributed by atoms with Crippen LogP contribution in [0.4, 0.5) is 10.1 Å². The Labute approximate surface area is 223 Å². The van der Waals surface area contributed by atoms with Crippen molar-refractivity contribution in [2.75, 3.05) is 10.5 Å². The van der Waals surface area contributed by atoms with Crippen LogP contribution in [-0.2, 0) is 26.6 Å². The summed E-state index contributed by atoms with van der Waals surface area (Å²) in [7, 11) is -8.18. The molecule has 10 heteroatoms. The van der Waals surface area contributed by atoms with E-state index in [1.807, 2.05) is 32.0 Å². The molecule has 1 aromatic rings. The Kier molecular flexibility index (Phi) is 10.1. The van der Waals surface area contributed by atoms with Gasteiger partial charge in [-0.3, -0.25) is 4.72 Å². The minimum Gasteiger partial charge on any atom is -0.744 e. The van der Waals surface area contributed by atoms with Gasteiger partial charge in [0.1, 0.15) is 15.9 Å². The number of hydrogen-bond acceptors (Lipinski definition) is 5. The number of unbranched alkanes of at least 4 members (excludes halogenated alkanes) is 2. The first kappa shape index (κ1) is 28.7. The van der Waals surface area contributed by atoms with Crippen molar-refractivity contribution < 1.29 is 55.3 Å². The molecular formula is C24H27FNNaO5S2. The van der Waals surface area contributed by atoms with Gasteiger partial charge in [-0.15, -0.1) is 0 Å². The molecule has 0 saturated carbocycles. The van der Waals surface area contributed by atoms with Crippen LogP contribution in [0.5, 0.6) is 0 Å². The first-order valence-electron chi connectivity index (χ1n) is 10.7.